The Morgan fingerprint density at radius 1 is 1.27 bits per heavy atom. The van der Waals surface area contributed by atoms with E-state index >= 15 is 0 Å². The summed E-state index contributed by atoms with van der Waals surface area (Å²) < 4.78 is 14.8. The Balaban J connectivity index is 2.01. The molecule has 0 aliphatic heterocycles. The fraction of sp³-hybridized carbons (Fsp3) is 0.562. The first kappa shape index (κ1) is 15.6. The van der Waals surface area contributed by atoms with Crippen molar-refractivity contribution in [3.05, 3.63) is 28.5 Å². The highest BCUT2D eigenvalue weighted by molar-refractivity contribution is 6.30. The Kier molecular flexibility index (Phi) is 3.81. The SMILES string of the molecule is CC(=O)NOc1ccc(Cl)c(F)c1C12CCC(N)(CC1)CC2. The van der Waals surface area contributed by atoms with E-state index in [-0.39, 0.29) is 21.9 Å². The normalized spacial score (nSPS) is 30.2. The molecule has 3 N–H and O–H groups in total. The van der Waals surface area contributed by atoms with Crippen LogP contribution in [-0.4, -0.2) is 11.4 Å². The average molecular weight is 327 g/mol. The second kappa shape index (κ2) is 5.39. The summed E-state index contributed by atoms with van der Waals surface area (Å²) in [7, 11) is 0. The number of rotatable bonds is 3. The van der Waals surface area contributed by atoms with Crippen LogP contribution in [0.3, 0.4) is 0 Å². The molecule has 0 atom stereocenters. The number of benzene rings is 1. The number of nitrogens with one attached hydrogen (secondary N) is 1. The maximum absolute atomic E-state index is 14.8. The quantitative estimate of drug-likeness (QED) is 0.838. The minimum absolute atomic E-state index is 0.0784. The zero-order valence-electron chi connectivity index (χ0n) is 12.5. The zero-order chi connectivity index (χ0) is 16.0. The van der Waals surface area contributed by atoms with Gasteiger partial charge in [0, 0.05) is 23.4 Å². The fourth-order valence-electron chi connectivity index (χ4n) is 3.83. The second-order valence-electron chi connectivity index (χ2n) is 6.64. The lowest BCUT2D eigenvalue weighted by atomic mass is 9.55. The van der Waals surface area contributed by atoms with Gasteiger partial charge >= 0.3 is 0 Å². The molecule has 0 saturated heterocycles. The van der Waals surface area contributed by atoms with Gasteiger partial charge in [0.25, 0.3) is 0 Å². The Morgan fingerprint density at radius 3 is 2.41 bits per heavy atom. The monoisotopic (exact) mass is 326 g/mol. The Labute approximate surface area is 134 Å². The van der Waals surface area contributed by atoms with Gasteiger partial charge in [0.05, 0.1) is 5.02 Å². The van der Waals surface area contributed by atoms with Crippen molar-refractivity contribution in [3.63, 3.8) is 0 Å². The second-order valence-corrected chi connectivity index (χ2v) is 7.04. The standard InChI is InChI=1S/C16H20ClFN2O2/c1-10(21)20-22-12-3-2-11(17)14(18)13(12)15-4-7-16(19,8-5-15)9-6-15/h2-3H,4-9,19H2,1H3,(H,20,21). The third-order valence-electron chi connectivity index (χ3n) is 5.20. The van der Waals surface area contributed by atoms with Crippen LogP contribution in [0, 0.1) is 5.82 Å². The number of carbonyl (C=O) groups excluding carboxylic acids is 1. The smallest absolute Gasteiger partial charge is 0.249 e. The number of hydrogen-bond acceptors (Lipinski definition) is 3. The van der Waals surface area contributed by atoms with Crippen molar-refractivity contribution in [2.45, 2.75) is 56.4 Å². The van der Waals surface area contributed by atoms with E-state index in [4.69, 9.17) is 22.2 Å². The maximum atomic E-state index is 14.8. The molecule has 0 aromatic heterocycles. The Morgan fingerprint density at radius 2 is 1.86 bits per heavy atom. The minimum Gasteiger partial charge on any atom is -0.379 e. The van der Waals surface area contributed by atoms with Gasteiger partial charge in [-0.15, -0.1) is 0 Å². The topological polar surface area (TPSA) is 64.3 Å². The highest BCUT2D eigenvalue weighted by atomic mass is 35.5. The van der Waals surface area contributed by atoms with Crippen molar-refractivity contribution >= 4 is 17.5 Å². The van der Waals surface area contributed by atoms with Gasteiger partial charge in [0.15, 0.2) is 5.75 Å². The molecule has 4 nitrogen and oxygen atoms in total. The highest BCUT2D eigenvalue weighted by Gasteiger charge is 2.50. The molecule has 3 saturated carbocycles. The molecule has 120 valence electrons. The van der Waals surface area contributed by atoms with E-state index in [0.717, 1.165) is 38.5 Å². The predicted octanol–water partition coefficient (Wildman–Crippen LogP) is 3.21. The zero-order valence-corrected chi connectivity index (χ0v) is 13.3. The van der Waals surface area contributed by atoms with E-state index in [2.05, 4.69) is 5.48 Å². The molecule has 1 aromatic rings. The first-order chi connectivity index (χ1) is 10.4. The van der Waals surface area contributed by atoms with Gasteiger partial charge < -0.3 is 10.6 Å². The van der Waals surface area contributed by atoms with Crippen LogP contribution in [-0.2, 0) is 10.2 Å². The number of hydroxylamine groups is 1. The summed E-state index contributed by atoms with van der Waals surface area (Å²) in [5.41, 5.74) is 8.68. The van der Waals surface area contributed by atoms with Gasteiger partial charge in [0.2, 0.25) is 5.91 Å². The van der Waals surface area contributed by atoms with Crippen LogP contribution in [0.25, 0.3) is 0 Å². The van der Waals surface area contributed by atoms with E-state index in [0.29, 0.717) is 11.3 Å². The molecular weight excluding hydrogens is 307 g/mol. The first-order valence-electron chi connectivity index (χ1n) is 7.56. The molecule has 0 spiro atoms. The number of hydrogen-bond donors (Lipinski definition) is 2. The molecule has 2 bridgehead atoms. The molecule has 3 aliphatic rings. The molecule has 4 rings (SSSR count). The van der Waals surface area contributed by atoms with Crippen LogP contribution < -0.4 is 16.1 Å². The summed E-state index contributed by atoms with van der Waals surface area (Å²) in [4.78, 5) is 16.4. The Hall–Kier alpha value is -1.33. The van der Waals surface area contributed by atoms with Crippen molar-refractivity contribution in [1.29, 1.82) is 0 Å². The lowest BCUT2D eigenvalue weighted by Gasteiger charge is -2.52. The van der Waals surface area contributed by atoms with Crippen molar-refractivity contribution in [3.8, 4) is 5.75 Å². The summed E-state index contributed by atoms with van der Waals surface area (Å²) >= 11 is 5.98. The van der Waals surface area contributed by atoms with Gasteiger partial charge in [-0.05, 0) is 50.7 Å². The number of fused-ring (bicyclic) bond motifs is 3. The molecular formula is C16H20ClFN2O2. The molecule has 3 fully saturated rings. The van der Waals surface area contributed by atoms with Crippen LogP contribution in [0.4, 0.5) is 4.39 Å². The largest absolute Gasteiger partial charge is 0.379 e. The molecule has 1 amide bonds. The molecule has 3 aliphatic carbocycles. The number of carbonyl (C=O) groups is 1. The van der Waals surface area contributed by atoms with Gasteiger partial charge in [-0.3, -0.25) is 4.79 Å². The van der Waals surface area contributed by atoms with E-state index in [1.807, 2.05) is 0 Å². The summed E-state index contributed by atoms with van der Waals surface area (Å²) in [6, 6.07) is 3.07. The number of nitrogens with two attached hydrogens (primary N) is 1. The van der Waals surface area contributed by atoms with Crippen LogP contribution in [0.2, 0.25) is 5.02 Å². The van der Waals surface area contributed by atoms with Gasteiger partial charge in [0.1, 0.15) is 5.82 Å². The van der Waals surface area contributed by atoms with Gasteiger partial charge in [-0.1, -0.05) is 11.6 Å². The van der Waals surface area contributed by atoms with Gasteiger partial charge in [-0.2, -0.15) is 5.48 Å². The van der Waals surface area contributed by atoms with Crippen molar-refractivity contribution in [1.82, 2.24) is 5.48 Å². The molecule has 0 heterocycles. The summed E-state index contributed by atoms with van der Waals surface area (Å²) in [5, 5.41) is 0.0784. The van der Waals surface area contributed by atoms with Crippen LogP contribution >= 0.6 is 11.6 Å². The third kappa shape index (κ3) is 2.57. The lowest BCUT2D eigenvalue weighted by Crippen LogP contribution is -2.53. The summed E-state index contributed by atoms with van der Waals surface area (Å²) in [6.07, 6.45) is 5.07. The minimum atomic E-state index is -0.448. The predicted molar refractivity (Wildman–Crippen MR) is 82.2 cm³/mol. The third-order valence-corrected chi connectivity index (χ3v) is 5.49. The van der Waals surface area contributed by atoms with E-state index in [1.165, 1.54) is 13.0 Å². The number of halogens is 2. The van der Waals surface area contributed by atoms with Crippen molar-refractivity contribution < 1.29 is 14.0 Å². The number of amides is 1. The summed E-state index contributed by atoms with van der Waals surface area (Å²) in [6.45, 7) is 1.34. The molecule has 0 unspecified atom stereocenters. The van der Waals surface area contributed by atoms with Crippen LogP contribution in [0.5, 0.6) is 5.75 Å². The molecule has 22 heavy (non-hydrogen) atoms. The average Bonchev–Trinajstić information content (AvgIpc) is 2.49. The van der Waals surface area contributed by atoms with Crippen LogP contribution in [0.1, 0.15) is 51.0 Å². The maximum Gasteiger partial charge on any atom is 0.249 e. The molecule has 1 aromatic carbocycles. The fourth-order valence-corrected chi connectivity index (χ4v) is 3.99. The first-order valence-corrected chi connectivity index (χ1v) is 7.94. The van der Waals surface area contributed by atoms with Crippen molar-refractivity contribution in [2.75, 3.05) is 0 Å². The highest BCUT2D eigenvalue weighted by Crippen LogP contribution is 2.55. The van der Waals surface area contributed by atoms with Gasteiger partial charge in [-0.25, -0.2) is 4.39 Å². The van der Waals surface area contributed by atoms with E-state index in [9.17, 15) is 9.18 Å². The molecule has 0 radical (unpaired) electrons. The van der Waals surface area contributed by atoms with Crippen LogP contribution in [0.15, 0.2) is 12.1 Å². The Bertz CT molecular complexity index is 596. The van der Waals surface area contributed by atoms with E-state index in [1.54, 1.807) is 6.07 Å². The van der Waals surface area contributed by atoms with E-state index < -0.39 is 5.82 Å². The summed E-state index contributed by atoms with van der Waals surface area (Å²) in [5.74, 6) is -0.452. The molecule has 6 heteroatoms. The lowest BCUT2D eigenvalue weighted by molar-refractivity contribution is -0.125. The van der Waals surface area contributed by atoms with Crippen molar-refractivity contribution in [2.24, 2.45) is 5.73 Å².